The van der Waals surface area contributed by atoms with Crippen LogP contribution < -0.4 is 16.2 Å². The number of amides is 2. The number of nitrogens with one attached hydrogen (secondary N) is 2. The van der Waals surface area contributed by atoms with Crippen molar-refractivity contribution in [3.63, 3.8) is 0 Å². The number of anilines is 1. The molecule has 2 aromatic heterocycles. The van der Waals surface area contributed by atoms with Gasteiger partial charge in [0.2, 0.25) is 5.91 Å². The molecule has 190 valence electrons. The van der Waals surface area contributed by atoms with Crippen molar-refractivity contribution >= 4 is 50.9 Å². The number of hydrogen-bond donors (Lipinski definition) is 2. The van der Waals surface area contributed by atoms with Crippen LogP contribution in [0.2, 0.25) is 0 Å². The van der Waals surface area contributed by atoms with Crippen LogP contribution in [0.3, 0.4) is 0 Å². The Kier molecular flexibility index (Phi) is 7.95. The average molecular weight is 530 g/mol. The van der Waals surface area contributed by atoms with E-state index in [0.29, 0.717) is 46.5 Å². The highest BCUT2D eigenvalue weighted by Gasteiger charge is 2.22. The zero-order valence-corrected chi connectivity index (χ0v) is 21.2. The molecule has 0 bridgehead atoms. The summed E-state index contributed by atoms with van der Waals surface area (Å²) in [5.74, 6) is -0.421. The van der Waals surface area contributed by atoms with Crippen LogP contribution in [-0.4, -0.2) is 64.1 Å². The SMILES string of the molecule is O=C(CSc1nc2cc(C(=O)NCC3CCCO3)ccc2c(=O)n1CC1CCCO1)Nc1nccs1. The lowest BCUT2D eigenvalue weighted by molar-refractivity contribution is -0.113. The lowest BCUT2D eigenvalue weighted by Gasteiger charge is -2.17. The molecule has 2 aliphatic rings. The van der Waals surface area contributed by atoms with Crippen LogP contribution in [0.1, 0.15) is 36.0 Å². The van der Waals surface area contributed by atoms with Crippen LogP contribution in [0, 0.1) is 0 Å². The first-order chi connectivity index (χ1) is 17.6. The van der Waals surface area contributed by atoms with E-state index in [1.807, 2.05) is 0 Å². The van der Waals surface area contributed by atoms with Gasteiger partial charge in [-0.1, -0.05) is 11.8 Å². The lowest BCUT2D eigenvalue weighted by atomic mass is 10.1. The molecule has 2 fully saturated rings. The van der Waals surface area contributed by atoms with E-state index < -0.39 is 0 Å². The number of carbonyl (C=O) groups is 2. The maximum absolute atomic E-state index is 13.4. The minimum absolute atomic E-state index is 0.0380. The Labute approximate surface area is 215 Å². The highest BCUT2D eigenvalue weighted by atomic mass is 32.2. The second-order valence-corrected chi connectivity index (χ2v) is 10.5. The Hall–Kier alpha value is -2.80. The lowest BCUT2D eigenvalue weighted by Crippen LogP contribution is -2.32. The smallest absolute Gasteiger partial charge is 0.262 e. The predicted molar refractivity (Wildman–Crippen MR) is 138 cm³/mol. The zero-order valence-electron chi connectivity index (χ0n) is 19.6. The van der Waals surface area contributed by atoms with Gasteiger partial charge in [0.15, 0.2) is 10.3 Å². The van der Waals surface area contributed by atoms with E-state index in [2.05, 4.69) is 15.6 Å². The molecule has 3 aromatic rings. The normalized spacial score (nSPS) is 19.6. The van der Waals surface area contributed by atoms with Gasteiger partial charge >= 0.3 is 0 Å². The van der Waals surface area contributed by atoms with Crippen molar-refractivity contribution in [3.05, 3.63) is 45.7 Å². The molecule has 4 heterocycles. The molecule has 36 heavy (non-hydrogen) atoms. The predicted octanol–water partition coefficient (Wildman–Crippen LogP) is 2.67. The third kappa shape index (κ3) is 5.94. The molecule has 12 heteroatoms. The maximum Gasteiger partial charge on any atom is 0.262 e. The number of ether oxygens (including phenoxy) is 2. The summed E-state index contributed by atoms with van der Waals surface area (Å²) < 4.78 is 12.9. The molecule has 0 aliphatic carbocycles. The summed E-state index contributed by atoms with van der Waals surface area (Å²) in [7, 11) is 0. The maximum atomic E-state index is 13.4. The monoisotopic (exact) mass is 529 g/mol. The van der Waals surface area contributed by atoms with Gasteiger partial charge in [-0.05, 0) is 43.9 Å². The first kappa shape index (κ1) is 24.9. The molecule has 0 radical (unpaired) electrons. The van der Waals surface area contributed by atoms with E-state index >= 15 is 0 Å². The summed E-state index contributed by atoms with van der Waals surface area (Å²) in [6.45, 7) is 2.20. The van der Waals surface area contributed by atoms with E-state index in [4.69, 9.17) is 14.5 Å². The molecular formula is C24H27N5O5S2. The van der Waals surface area contributed by atoms with Gasteiger partial charge in [0, 0.05) is 36.9 Å². The Balaban J connectivity index is 1.38. The number of thioether (sulfide) groups is 1. The Morgan fingerprint density at radius 3 is 2.69 bits per heavy atom. The quantitative estimate of drug-likeness (QED) is 0.320. The van der Waals surface area contributed by atoms with Gasteiger partial charge < -0.3 is 20.1 Å². The van der Waals surface area contributed by atoms with E-state index in [1.165, 1.54) is 23.1 Å². The van der Waals surface area contributed by atoms with Crippen LogP contribution in [0.5, 0.6) is 0 Å². The Morgan fingerprint density at radius 1 is 1.17 bits per heavy atom. The number of thiazole rings is 1. The molecule has 2 aliphatic heterocycles. The van der Waals surface area contributed by atoms with Gasteiger partial charge in [0.05, 0.1) is 35.4 Å². The molecular weight excluding hydrogens is 502 g/mol. The van der Waals surface area contributed by atoms with Crippen LogP contribution in [0.4, 0.5) is 5.13 Å². The van der Waals surface area contributed by atoms with E-state index in [9.17, 15) is 14.4 Å². The molecule has 2 atom stereocenters. The minimum atomic E-state index is -0.241. The van der Waals surface area contributed by atoms with Crippen LogP contribution in [0.15, 0.2) is 39.7 Å². The minimum Gasteiger partial charge on any atom is -0.376 e. The second-order valence-electron chi connectivity index (χ2n) is 8.70. The Bertz CT molecular complexity index is 1280. The number of benzene rings is 1. The number of hydrogen-bond acceptors (Lipinski definition) is 9. The molecule has 1 aromatic carbocycles. The van der Waals surface area contributed by atoms with Gasteiger partial charge in [-0.25, -0.2) is 9.97 Å². The van der Waals surface area contributed by atoms with Crippen LogP contribution in [0.25, 0.3) is 10.9 Å². The van der Waals surface area contributed by atoms with Gasteiger partial charge in [-0.3, -0.25) is 19.0 Å². The summed E-state index contributed by atoms with van der Waals surface area (Å²) in [6.07, 6.45) is 5.32. The van der Waals surface area contributed by atoms with Crippen molar-refractivity contribution in [1.82, 2.24) is 19.9 Å². The topological polar surface area (TPSA) is 124 Å². The van der Waals surface area contributed by atoms with Gasteiger partial charge in [-0.2, -0.15) is 0 Å². The van der Waals surface area contributed by atoms with Crippen molar-refractivity contribution in [3.8, 4) is 0 Å². The third-order valence-corrected chi connectivity index (χ3v) is 7.78. The first-order valence-corrected chi connectivity index (χ1v) is 13.8. The van der Waals surface area contributed by atoms with Gasteiger partial charge in [-0.15, -0.1) is 11.3 Å². The van der Waals surface area contributed by atoms with E-state index in [-0.39, 0.29) is 35.3 Å². The summed E-state index contributed by atoms with van der Waals surface area (Å²) in [6, 6.07) is 4.90. The fourth-order valence-corrected chi connectivity index (χ4v) is 5.64. The molecule has 2 amide bonds. The van der Waals surface area contributed by atoms with Crippen LogP contribution in [-0.2, 0) is 20.8 Å². The first-order valence-electron chi connectivity index (χ1n) is 11.9. The standard InChI is InChI=1S/C24H27N5O5S2/c30-20(28-23-25-7-10-35-23)14-36-24-27-19-11-15(21(31)26-12-16-3-1-8-33-16)5-6-18(19)22(32)29(24)13-17-4-2-9-34-17/h5-7,10-11,16-17H,1-4,8-9,12-14H2,(H,26,31)(H,25,28,30). The second kappa shape index (κ2) is 11.5. The summed E-state index contributed by atoms with van der Waals surface area (Å²) in [4.78, 5) is 47.4. The molecule has 0 saturated carbocycles. The van der Waals surface area contributed by atoms with E-state index in [0.717, 1.165) is 32.3 Å². The number of rotatable bonds is 9. The summed E-state index contributed by atoms with van der Waals surface area (Å²) in [5.41, 5.74) is 0.613. The average Bonchev–Trinajstić information content (AvgIpc) is 3.67. The largest absolute Gasteiger partial charge is 0.376 e. The fourth-order valence-electron chi connectivity index (χ4n) is 4.29. The number of carbonyl (C=O) groups excluding carboxylic acids is 2. The molecule has 5 rings (SSSR count). The molecule has 2 unspecified atom stereocenters. The molecule has 2 saturated heterocycles. The molecule has 2 N–H and O–H groups in total. The number of fused-ring (bicyclic) bond motifs is 1. The van der Waals surface area contributed by atoms with Crippen LogP contribution >= 0.6 is 23.1 Å². The summed E-state index contributed by atoms with van der Waals surface area (Å²) >= 11 is 2.51. The third-order valence-electron chi connectivity index (χ3n) is 6.12. The van der Waals surface area contributed by atoms with Crippen molar-refractivity contribution in [2.75, 3.05) is 30.8 Å². The number of nitrogens with zero attached hydrogens (tertiary/aromatic N) is 3. The molecule has 10 nitrogen and oxygen atoms in total. The Morgan fingerprint density at radius 2 is 1.97 bits per heavy atom. The van der Waals surface area contributed by atoms with Crippen molar-refractivity contribution in [1.29, 1.82) is 0 Å². The van der Waals surface area contributed by atoms with Gasteiger partial charge in [0.1, 0.15) is 0 Å². The highest BCUT2D eigenvalue weighted by Crippen LogP contribution is 2.22. The van der Waals surface area contributed by atoms with E-state index in [1.54, 1.807) is 34.3 Å². The highest BCUT2D eigenvalue weighted by molar-refractivity contribution is 7.99. The molecule has 0 spiro atoms. The van der Waals surface area contributed by atoms with Crippen molar-refractivity contribution in [2.45, 2.75) is 49.6 Å². The number of aromatic nitrogens is 3. The summed E-state index contributed by atoms with van der Waals surface area (Å²) in [5, 5.41) is 8.77. The van der Waals surface area contributed by atoms with Crippen molar-refractivity contribution < 1.29 is 19.1 Å². The fraction of sp³-hybridized carbons (Fsp3) is 0.458. The van der Waals surface area contributed by atoms with Crippen molar-refractivity contribution in [2.24, 2.45) is 0 Å². The van der Waals surface area contributed by atoms with Gasteiger partial charge in [0.25, 0.3) is 11.5 Å². The zero-order chi connectivity index (χ0) is 24.9.